The molecule has 0 amide bonds. The van der Waals surface area contributed by atoms with E-state index in [9.17, 15) is 8.42 Å². The van der Waals surface area contributed by atoms with Gasteiger partial charge in [-0.25, -0.2) is 8.42 Å². The quantitative estimate of drug-likeness (QED) is 0.742. The van der Waals surface area contributed by atoms with Gasteiger partial charge in [-0.05, 0) is 12.1 Å². The number of pyridine rings is 1. The fourth-order valence-electron chi connectivity index (χ4n) is 1.33. The summed E-state index contributed by atoms with van der Waals surface area (Å²) >= 11 is 5.78. The van der Waals surface area contributed by atoms with Crippen molar-refractivity contribution in [1.29, 1.82) is 0 Å². The van der Waals surface area contributed by atoms with E-state index in [1.807, 2.05) is 0 Å². The lowest BCUT2D eigenvalue weighted by atomic mass is 10.2. The van der Waals surface area contributed by atoms with E-state index in [-0.39, 0.29) is 9.92 Å². The predicted octanol–water partition coefficient (Wildman–Crippen LogP) is 2.82. The van der Waals surface area contributed by atoms with Crippen molar-refractivity contribution in [3.63, 3.8) is 0 Å². The number of fused-ring (bicyclic) bond motifs is 1. The van der Waals surface area contributed by atoms with Crippen molar-refractivity contribution in [3.8, 4) is 0 Å². The minimum atomic E-state index is -3.88. The molecular formula is C9H5Cl2NO2S. The Morgan fingerprint density at radius 1 is 1.20 bits per heavy atom. The van der Waals surface area contributed by atoms with Gasteiger partial charge in [0.05, 0.1) is 10.5 Å². The first-order valence-corrected chi connectivity index (χ1v) is 6.67. The van der Waals surface area contributed by atoms with Crippen molar-refractivity contribution in [1.82, 2.24) is 4.98 Å². The molecule has 15 heavy (non-hydrogen) atoms. The highest BCUT2D eigenvalue weighted by Gasteiger charge is 2.19. The maximum Gasteiger partial charge on any atom is 0.264 e. The van der Waals surface area contributed by atoms with E-state index in [1.165, 1.54) is 12.3 Å². The van der Waals surface area contributed by atoms with Gasteiger partial charge < -0.3 is 0 Å². The monoisotopic (exact) mass is 261 g/mol. The van der Waals surface area contributed by atoms with Crippen LogP contribution in [0.2, 0.25) is 5.02 Å². The SMILES string of the molecule is O=S(=O)(Cl)c1c(Cl)ccc2cccnc12. The lowest BCUT2D eigenvalue weighted by Crippen LogP contribution is -1.95. The highest BCUT2D eigenvalue weighted by atomic mass is 35.7. The van der Waals surface area contributed by atoms with Gasteiger partial charge in [-0.2, -0.15) is 0 Å². The van der Waals surface area contributed by atoms with Crippen LogP contribution in [0.3, 0.4) is 0 Å². The number of rotatable bonds is 1. The van der Waals surface area contributed by atoms with Crippen LogP contribution in [-0.4, -0.2) is 13.4 Å². The molecule has 1 heterocycles. The first kappa shape index (κ1) is 10.7. The standard InChI is InChI=1S/C9H5Cl2NO2S/c10-7-4-3-6-2-1-5-12-8(6)9(7)15(11,13)14/h1-5H. The van der Waals surface area contributed by atoms with Gasteiger partial charge in [-0.3, -0.25) is 4.98 Å². The van der Waals surface area contributed by atoms with E-state index in [2.05, 4.69) is 4.98 Å². The largest absolute Gasteiger partial charge is 0.264 e. The number of halogens is 2. The normalized spacial score (nSPS) is 11.9. The minimum absolute atomic E-state index is 0.0798. The summed E-state index contributed by atoms with van der Waals surface area (Å²) in [4.78, 5) is 3.83. The fourth-order valence-corrected chi connectivity index (χ4v) is 3.07. The molecular weight excluding hydrogens is 257 g/mol. The third-order valence-corrected chi connectivity index (χ3v) is 3.71. The van der Waals surface area contributed by atoms with E-state index < -0.39 is 9.05 Å². The zero-order valence-electron chi connectivity index (χ0n) is 7.31. The molecule has 0 aliphatic rings. The molecule has 0 fully saturated rings. The third kappa shape index (κ3) is 1.93. The number of hydrogen-bond acceptors (Lipinski definition) is 3. The summed E-state index contributed by atoms with van der Waals surface area (Å²) in [6.45, 7) is 0. The van der Waals surface area contributed by atoms with Crippen molar-refractivity contribution < 1.29 is 8.42 Å². The van der Waals surface area contributed by atoms with Gasteiger partial charge in [-0.15, -0.1) is 0 Å². The third-order valence-electron chi connectivity index (χ3n) is 1.92. The molecule has 3 nitrogen and oxygen atoms in total. The molecule has 0 aliphatic carbocycles. The lowest BCUT2D eigenvalue weighted by Gasteiger charge is -2.03. The molecule has 1 aromatic heterocycles. The summed E-state index contributed by atoms with van der Waals surface area (Å²) in [7, 11) is 1.41. The Labute approximate surface area is 96.1 Å². The van der Waals surface area contributed by atoms with Crippen molar-refractivity contribution in [3.05, 3.63) is 35.5 Å². The summed E-state index contributed by atoms with van der Waals surface area (Å²) in [5, 5.41) is 0.761. The Hall–Kier alpha value is -0.840. The molecule has 0 bridgehead atoms. The van der Waals surface area contributed by atoms with Gasteiger partial charge in [0.1, 0.15) is 4.90 Å². The molecule has 0 spiro atoms. The maximum absolute atomic E-state index is 11.3. The Bertz CT molecular complexity index is 625. The number of nitrogens with zero attached hydrogens (tertiary/aromatic N) is 1. The smallest absolute Gasteiger partial charge is 0.255 e. The number of hydrogen-bond donors (Lipinski definition) is 0. The molecule has 2 rings (SSSR count). The lowest BCUT2D eigenvalue weighted by molar-refractivity contribution is 0.610. The van der Waals surface area contributed by atoms with Crippen LogP contribution in [0.5, 0.6) is 0 Å². The van der Waals surface area contributed by atoms with Gasteiger partial charge in [0, 0.05) is 22.3 Å². The average molecular weight is 262 g/mol. The molecule has 0 N–H and O–H groups in total. The van der Waals surface area contributed by atoms with Gasteiger partial charge >= 0.3 is 0 Å². The molecule has 0 radical (unpaired) electrons. The highest BCUT2D eigenvalue weighted by Crippen LogP contribution is 2.30. The molecule has 0 unspecified atom stereocenters. The van der Waals surface area contributed by atoms with E-state index >= 15 is 0 Å². The molecule has 78 valence electrons. The van der Waals surface area contributed by atoms with E-state index in [0.29, 0.717) is 10.9 Å². The van der Waals surface area contributed by atoms with Gasteiger partial charge in [0.25, 0.3) is 9.05 Å². The van der Waals surface area contributed by atoms with Crippen LogP contribution in [0.4, 0.5) is 0 Å². The maximum atomic E-state index is 11.3. The molecule has 6 heteroatoms. The zero-order chi connectivity index (χ0) is 11.1. The summed E-state index contributed by atoms with van der Waals surface area (Å²) < 4.78 is 22.6. The Morgan fingerprint density at radius 3 is 2.60 bits per heavy atom. The minimum Gasteiger partial charge on any atom is -0.255 e. The fraction of sp³-hybridized carbons (Fsp3) is 0. The van der Waals surface area contributed by atoms with Crippen LogP contribution in [0.15, 0.2) is 35.4 Å². The van der Waals surface area contributed by atoms with Gasteiger partial charge in [-0.1, -0.05) is 23.7 Å². The van der Waals surface area contributed by atoms with E-state index in [0.717, 1.165) is 0 Å². The van der Waals surface area contributed by atoms with Crippen LogP contribution < -0.4 is 0 Å². The van der Waals surface area contributed by atoms with Gasteiger partial charge in [0.15, 0.2) is 0 Å². The van der Waals surface area contributed by atoms with Crippen LogP contribution in [-0.2, 0) is 9.05 Å². The molecule has 0 atom stereocenters. The summed E-state index contributed by atoms with van der Waals surface area (Å²) in [6.07, 6.45) is 1.49. The summed E-state index contributed by atoms with van der Waals surface area (Å²) in [5.41, 5.74) is 0.292. The molecule has 1 aromatic carbocycles. The first-order chi connectivity index (χ1) is 7.00. The first-order valence-electron chi connectivity index (χ1n) is 3.98. The molecule has 0 saturated carbocycles. The van der Waals surface area contributed by atoms with Crippen molar-refractivity contribution in [2.24, 2.45) is 0 Å². The zero-order valence-corrected chi connectivity index (χ0v) is 9.64. The average Bonchev–Trinajstić information content (AvgIpc) is 2.15. The van der Waals surface area contributed by atoms with Crippen LogP contribution in [0.25, 0.3) is 10.9 Å². The topological polar surface area (TPSA) is 47.0 Å². The molecule has 0 aliphatic heterocycles. The van der Waals surface area contributed by atoms with Gasteiger partial charge in [0.2, 0.25) is 0 Å². The van der Waals surface area contributed by atoms with Crippen molar-refractivity contribution in [2.75, 3.05) is 0 Å². The molecule has 2 aromatic rings. The van der Waals surface area contributed by atoms with Crippen molar-refractivity contribution in [2.45, 2.75) is 4.90 Å². The van der Waals surface area contributed by atoms with Crippen LogP contribution >= 0.6 is 22.3 Å². The summed E-state index contributed by atoms with van der Waals surface area (Å²) in [6, 6.07) is 6.63. The summed E-state index contributed by atoms with van der Waals surface area (Å²) in [5.74, 6) is 0. The second kappa shape index (κ2) is 3.63. The second-order valence-corrected chi connectivity index (χ2v) is 5.80. The Balaban J connectivity index is 2.99. The second-order valence-electron chi connectivity index (χ2n) is 2.89. The van der Waals surface area contributed by atoms with Crippen LogP contribution in [0.1, 0.15) is 0 Å². The predicted molar refractivity (Wildman–Crippen MR) is 59.8 cm³/mol. The number of benzene rings is 1. The van der Waals surface area contributed by atoms with Crippen LogP contribution in [0, 0.1) is 0 Å². The highest BCUT2D eigenvalue weighted by molar-refractivity contribution is 8.14. The van der Waals surface area contributed by atoms with E-state index in [1.54, 1.807) is 18.2 Å². The van der Waals surface area contributed by atoms with E-state index in [4.69, 9.17) is 22.3 Å². The number of aromatic nitrogens is 1. The Morgan fingerprint density at radius 2 is 1.93 bits per heavy atom. The Kier molecular flexibility index (Phi) is 2.58. The molecule has 0 saturated heterocycles. The van der Waals surface area contributed by atoms with Crippen molar-refractivity contribution >= 4 is 42.2 Å².